The molecule has 0 amide bonds. The van der Waals surface area contributed by atoms with E-state index in [2.05, 4.69) is 46.4 Å². The number of halogens is 1. The van der Waals surface area contributed by atoms with Gasteiger partial charge in [-0.05, 0) is 53.2 Å². The standard InChI is InChI=1S/C15H17BrN2/c1-2-9-17-14-10-5-4-8-13(10)18-15-11(14)6-3-7-12(15)16/h3,6-7H,2,4-5,8-9H2,1H3,(H,17,18). The molecule has 2 nitrogen and oxygen atoms in total. The molecule has 0 spiro atoms. The summed E-state index contributed by atoms with van der Waals surface area (Å²) < 4.78 is 1.09. The molecule has 0 aliphatic heterocycles. The minimum atomic E-state index is 1.03. The van der Waals surface area contributed by atoms with E-state index in [0.717, 1.165) is 35.8 Å². The Labute approximate surface area is 116 Å². The maximum absolute atomic E-state index is 4.84. The van der Waals surface area contributed by atoms with E-state index in [-0.39, 0.29) is 0 Å². The van der Waals surface area contributed by atoms with Crippen LogP contribution in [0.4, 0.5) is 5.69 Å². The minimum absolute atomic E-state index is 1.03. The van der Waals surface area contributed by atoms with Gasteiger partial charge in [0.2, 0.25) is 0 Å². The van der Waals surface area contributed by atoms with Crippen molar-refractivity contribution >= 4 is 32.5 Å². The largest absolute Gasteiger partial charge is 0.384 e. The van der Waals surface area contributed by atoms with Gasteiger partial charge in [0.15, 0.2) is 0 Å². The Bertz CT molecular complexity index is 593. The van der Waals surface area contributed by atoms with Crippen molar-refractivity contribution in [1.29, 1.82) is 0 Å². The molecule has 3 rings (SSSR count). The van der Waals surface area contributed by atoms with Crippen molar-refractivity contribution in [3.05, 3.63) is 33.9 Å². The molecule has 0 atom stereocenters. The predicted molar refractivity (Wildman–Crippen MR) is 80.2 cm³/mol. The van der Waals surface area contributed by atoms with E-state index >= 15 is 0 Å². The maximum atomic E-state index is 4.84. The van der Waals surface area contributed by atoms with Gasteiger partial charge >= 0.3 is 0 Å². The van der Waals surface area contributed by atoms with Gasteiger partial charge in [0.05, 0.1) is 5.52 Å². The van der Waals surface area contributed by atoms with E-state index in [4.69, 9.17) is 4.98 Å². The first kappa shape index (κ1) is 12.0. The third-order valence-corrected chi connectivity index (χ3v) is 4.19. The molecule has 0 bridgehead atoms. The number of aryl methyl sites for hydroxylation is 1. The smallest absolute Gasteiger partial charge is 0.0868 e. The SMILES string of the molecule is CCCNc1c2c(nc3c(Br)cccc13)CCC2. The Balaban J connectivity index is 2.25. The third-order valence-electron chi connectivity index (χ3n) is 3.55. The third kappa shape index (κ3) is 1.91. The highest BCUT2D eigenvalue weighted by molar-refractivity contribution is 9.10. The van der Waals surface area contributed by atoms with Crippen LogP contribution in [0.5, 0.6) is 0 Å². The zero-order valence-electron chi connectivity index (χ0n) is 10.6. The molecule has 1 aromatic carbocycles. The summed E-state index contributed by atoms with van der Waals surface area (Å²) in [5.74, 6) is 0. The van der Waals surface area contributed by atoms with Gasteiger partial charge in [-0.15, -0.1) is 0 Å². The van der Waals surface area contributed by atoms with Gasteiger partial charge in [-0.25, -0.2) is 0 Å². The van der Waals surface area contributed by atoms with Gasteiger partial charge < -0.3 is 5.32 Å². The first-order chi connectivity index (χ1) is 8.81. The number of hydrogen-bond acceptors (Lipinski definition) is 2. The van der Waals surface area contributed by atoms with Crippen LogP contribution in [0.2, 0.25) is 0 Å². The van der Waals surface area contributed by atoms with Gasteiger partial charge in [0, 0.05) is 27.8 Å². The molecule has 0 unspecified atom stereocenters. The number of para-hydroxylation sites is 1. The second kappa shape index (κ2) is 4.88. The Kier molecular flexibility index (Phi) is 3.25. The number of anilines is 1. The van der Waals surface area contributed by atoms with Crippen LogP contribution in [-0.4, -0.2) is 11.5 Å². The summed E-state index contributed by atoms with van der Waals surface area (Å²) in [5.41, 5.74) is 5.13. The van der Waals surface area contributed by atoms with Crippen LogP contribution >= 0.6 is 15.9 Å². The average molecular weight is 305 g/mol. The summed E-state index contributed by atoms with van der Waals surface area (Å²) in [6.45, 7) is 3.23. The van der Waals surface area contributed by atoms with Crippen LogP contribution in [0.3, 0.4) is 0 Å². The van der Waals surface area contributed by atoms with Crippen molar-refractivity contribution in [1.82, 2.24) is 4.98 Å². The average Bonchev–Trinajstić information content (AvgIpc) is 2.83. The fourth-order valence-corrected chi connectivity index (χ4v) is 3.16. The van der Waals surface area contributed by atoms with Crippen molar-refractivity contribution in [2.45, 2.75) is 32.6 Å². The van der Waals surface area contributed by atoms with E-state index in [1.165, 1.54) is 28.8 Å². The molecule has 1 N–H and O–H groups in total. The van der Waals surface area contributed by atoms with E-state index in [1.807, 2.05) is 0 Å². The van der Waals surface area contributed by atoms with E-state index < -0.39 is 0 Å². The summed E-state index contributed by atoms with van der Waals surface area (Å²) >= 11 is 3.62. The van der Waals surface area contributed by atoms with Crippen molar-refractivity contribution in [2.24, 2.45) is 0 Å². The van der Waals surface area contributed by atoms with E-state index in [0.29, 0.717) is 0 Å². The van der Waals surface area contributed by atoms with Gasteiger partial charge in [-0.1, -0.05) is 19.1 Å². The number of rotatable bonds is 3. The Hall–Kier alpha value is -1.09. The second-order valence-electron chi connectivity index (χ2n) is 4.83. The Morgan fingerprint density at radius 2 is 2.22 bits per heavy atom. The zero-order chi connectivity index (χ0) is 12.5. The van der Waals surface area contributed by atoms with E-state index in [9.17, 15) is 0 Å². The molecule has 1 heterocycles. The summed E-state index contributed by atoms with van der Waals surface area (Å²) in [4.78, 5) is 4.84. The quantitative estimate of drug-likeness (QED) is 0.914. The lowest BCUT2D eigenvalue weighted by Gasteiger charge is -2.14. The van der Waals surface area contributed by atoms with Crippen molar-refractivity contribution in [3.8, 4) is 0 Å². The lowest BCUT2D eigenvalue weighted by Crippen LogP contribution is -2.05. The highest BCUT2D eigenvalue weighted by Crippen LogP contribution is 2.36. The fraction of sp³-hybridized carbons (Fsp3) is 0.400. The highest BCUT2D eigenvalue weighted by Gasteiger charge is 2.19. The molecule has 3 heteroatoms. The molecule has 0 saturated heterocycles. The van der Waals surface area contributed by atoms with Crippen LogP contribution in [0.25, 0.3) is 10.9 Å². The monoisotopic (exact) mass is 304 g/mol. The highest BCUT2D eigenvalue weighted by atomic mass is 79.9. The lowest BCUT2D eigenvalue weighted by atomic mass is 10.1. The van der Waals surface area contributed by atoms with Gasteiger partial charge in [-0.2, -0.15) is 0 Å². The predicted octanol–water partition coefficient (Wildman–Crippen LogP) is 4.31. The van der Waals surface area contributed by atoms with Crippen LogP contribution in [0.1, 0.15) is 31.0 Å². The van der Waals surface area contributed by atoms with Crippen molar-refractivity contribution < 1.29 is 0 Å². The normalized spacial score (nSPS) is 13.9. The summed E-state index contributed by atoms with van der Waals surface area (Å²) in [6.07, 6.45) is 4.66. The molecule has 0 radical (unpaired) electrons. The molecule has 1 aromatic heterocycles. The second-order valence-corrected chi connectivity index (χ2v) is 5.68. The van der Waals surface area contributed by atoms with Gasteiger partial charge in [-0.3, -0.25) is 4.98 Å². The summed E-state index contributed by atoms with van der Waals surface area (Å²) in [5, 5.41) is 4.85. The van der Waals surface area contributed by atoms with Gasteiger partial charge in [0.1, 0.15) is 0 Å². The van der Waals surface area contributed by atoms with Crippen LogP contribution in [0.15, 0.2) is 22.7 Å². The summed E-state index contributed by atoms with van der Waals surface area (Å²) in [7, 11) is 0. The molecule has 94 valence electrons. The molecule has 0 saturated carbocycles. The molecule has 2 aromatic rings. The number of pyridine rings is 1. The van der Waals surface area contributed by atoms with Crippen LogP contribution in [-0.2, 0) is 12.8 Å². The number of hydrogen-bond donors (Lipinski definition) is 1. The molecule has 1 aliphatic carbocycles. The number of aromatic nitrogens is 1. The van der Waals surface area contributed by atoms with Crippen LogP contribution < -0.4 is 5.32 Å². The molecule has 18 heavy (non-hydrogen) atoms. The minimum Gasteiger partial charge on any atom is -0.384 e. The zero-order valence-corrected chi connectivity index (χ0v) is 12.2. The van der Waals surface area contributed by atoms with Crippen molar-refractivity contribution in [3.63, 3.8) is 0 Å². The van der Waals surface area contributed by atoms with Crippen molar-refractivity contribution in [2.75, 3.05) is 11.9 Å². The Morgan fingerprint density at radius 1 is 1.33 bits per heavy atom. The lowest BCUT2D eigenvalue weighted by molar-refractivity contribution is 0.900. The molecule has 0 fully saturated rings. The van der Waals surface area contributed by atoms with Crippen LogP contribution in [0, 0.1) is 0 Å². The molecular weight excluding hydrogens is 288 g/mol. The Morgan fingerprint density at radius 3 is 3.06 bits per heavy atom. The number of benzene rings is 1. The summed E-state index contributed by atoms with van der Waals surface area (Å²) in [6, 6.07) is 6.33. The first-order valence-corrected chi connectivity index (χ1v) is 7.44. The maximum Gasteiger partial charge on any atom is 0.0868 e. The van der Waals surface area contributed by atoms with E-state index in [1.54, 1.807) is 0 Å². The number of fused-ring (bicyclic) bond motifs is 2. The topological polar surface area (TPSA) is 24.9 Å². The first-order valence-electron chi connectivity index (χ1n) is 6.65. The molecular formula is C15H17BrN2. The molecule has 1 aliphatic rings. The number of nitrogens with zero attached hydrogens (tertiary/aromatic N) is 1. The fourth-order valence-electron chi connectivity index (χ4n) is 2.70. The van der Waals surface area contributed by atoms with Gasteiger partial charge in [0.25, 0.3) is 0 Å². The number of nitrogens with one attached hydrogen (secondary N) is 1.